The summed E-state index contributed by atoms with van der Waals surface area (Å²) in [6.45, 7) is 3.16. The monoisotopic (exact) mass is 582 g/mol. The van der Waals surface area contributed by atoms with Gasteiger partial charge in [0.2, 0.25) is 0 Å². The van der Waals surface area contributed by atoms with Gasteiger partial charge in [0.1, 0.15) is 5.75 Å². The van der Waals surface area contributed by atoms with Crippen molar-refractivity contribution < 1.29 is 38.0 Å². The van der Waals surface area contributed by atoms with E-state index in [2.05, 4.69) is 15.2 Å². The van der Waals surface area contributed by atoms with E-state index in [1.165, 1.54) is 0 Å². The maximum Gasteiger partial charge on any atom is 0.00969 e. The summed E-state index contributed by atoms with van der Waals surface area (Å²) in [6.07, 6.45) is 3.21. The van der Waals surface area contributed by atoms with E-state index < -0.39 is 28.1 Å². The number of piperidine rings is 1. The molecule has 2 N–H and O–H groups in total. The molecule has 2 aliphatic rings. The topological polar surface area (TPSA) is 76.1 Å². The third kappa shape index (κ3) is 5.14. The summed E-state index contributed by atoms with van der Waals surface area (Å²) in [5, 5.41) is 16.3. The zero-order valence-electron chi connectivity index (χ0n) is 18.3. The molecule has 0 spiro atoms. The minimum absolute atomic E-state index is 0.415. The van der Waals surface area contributed by atoms with E-state index in [0.29, 0.717) is 24.2 Å². The number of likely N-dealkylation sites (tertiary alicyclic amines) is 1. The van der Waals surface area contributed by atoms with Gasteiger partial charge in [-0.1, -0.05) is 0 Å². The van der Waals surface area contributed by atoms with E-state index >= 15 is 0 Å². The zero-order chi connectivity index (χ0) is 22.8. The molecule has 2 aromatic carbocycles. The van der Waals surface area contributed by atoms with E-state index in [1.54, 1.807) is 13.3 Å². The Balaban J connectivity index is 1.16. The van der Waals surface area contributed by atoms with Crippen molar-refractivity contribution in [2.45, 2.75) is 31.5 Å². The van der Waals surface area contributed by atoms with E-state index in [4.69, 9.17) is 22.5 Å². The number of nitrogens with one attached hydrogen (secondary N) is 1. The fourth-order valence-corrected chi connectivity index (χ4v) is 5.78. The van der Waals surface area contributed by atoms with Crippen molar-refractivity contribution in [2.24, 2.45) is 0 Å². The van der Waals surface area contributed by atoms with Gasteiger partial charge in [0.15, 0.2) is 0 Å². The van der Waals surface area contributed by atoms with Gasteiger partial charge < -0.3 is 9.84 Å². The summed E-state index contributed by atoms with van der Waals surface area (Å²) in [7, 11) is 1.65. The molecule has 5 rings (SSSR count). The van der Waals surface area contributed by atoms with Crippen LogP contribution in [-0.2, 0) is 6.54 Å². The minimum atomic E-state index is -0.694. The van der Waals surface area contributed by atoms with Crippen molar-refractivity contribution in [3.63, 3.8) is 0 Å². The van der Waals surface area contributed by atoms with Gasteiger partial charge in [-0.15, -0.1) is 0 Å². The number of fused-ring (bicyclic) bond motifs is 2. The first kappa shape index (κ1) is 22.9. The molecule has 2 aliphatic heterocycles. The summed E-state index contributed by atoms with van der Waals surface area (Å²) >= 11 is 5.72. The fourth-order valence-electron chi connectivity index (χ4n) is 4.40. The van der Waals surface area contributed by atoms with Gasteiger partial charge in [-0.3, -0.25) is 4.98 Å². The summed E-state index contributed by atoms with van der Waals surface area (Å²) in [6, 6.07) is 11.9. The SMILES string of the molecule is COc1ccc2nccc([C@@H](O)CN3CCC(NCc4cc5c(cc4Cl)O[I-]O5)CC3)c2c1. The summed E-state index contributed by atoms with van der Waals surface area (Å²) < 4.78 is 16.4. The number of methoxy groups -OCH3 is 1. The van der Waals surface area contributed by atoms with E-state index in [1.807, 2.05) is 36.4 Å². The Bertz CT molecular complexity index is 1140. The number of ether oxygens (including phenoxy) is 1. The molecule has 7 nitrogen and oxygen atoms in total. The Hall–Kier alpha value is -1.85. The second-order valence-corrected chi connectivity index (χ2v) is 10.0. The molecule has 1 atom stereocenters. The summed E-state index contributed by atoms with van der Waals surface area (Å²) in [5.74, 6) is 2.32. The summed E-state index contributed by atoms with van der Waals surface area (Å²) in [5.41, 5.74) is 2.78. The molecule has 1 saturated heterocycles. The molecule has 0 saturated carbocycles. The van der Waals surface area contributed by atoms with Gasteiger partial charge in [0.25, 0.3) is 0 Å². The zero-order valence-corrected chi connectivity index (χ0v) is 21.2. The van der Waals surface area contributed by atoms with Crippen LogP contribution in [0.5, 0.6) is 17.2 Å². The molecule has 9 heteroatoms. The Kier molecular flexibility index (Phi) is 7.07. The number of hydrogen-bond donors (Lipinski definition) is 2. The van der Waals surface area contributed by atoms with Gasteiger partial charge >= 0.3 is 135 Å². The smallest absolute Gasteiger partial charge is 0.00969 e. The first-order valence-electron chi connectivity index (χ1n) is 11.0. The number of β-amino-alcohol motifs (C(OH)–C–C–N with tert-alkyl or cyclic N) is 1. The number of hydrogen-bond acceptors (Lipinski definition) is 7. The Morgan fingerprint density at radius 3 is 2.79 bits per heavy atom. The van der Waals surface area contributed by atoms with Crippen LogP contribution in [-0.4, -0.2) is 47.8 Å². The molecule has 0 aliphatic carbocycles. The molecule has 0 amide bonds. The van der Waals surface area contributed by atoms with Crippen LogP contribution in [0.4, 0.5) is 0 Å². The number of rotatable bonds is 7. The van der Waals surface area contributed by atoms with E-state index in [9.17, 15) is 5.11 Å². The molecule has 0 radical (unpaired) electrons. The number of aliphatic hydroxyl groups is 1. The average Bonchev–Trinajstić information content (AvgIpc) is 3.29. The predicted octanol–water partition coefficient (Wildman–Crippen LogP) is 0.875. The second-order valence-electron chi connectivity index (χ2n) is 8.36. The average molecular weight is 583 g/mol. The van der Waals surface area contributed by atoms with Crippen LogP contribution < -0.4 is 38.2 Å². The van der Waals surface area contributed by atoms with Gasteiger partial charge in [-0.25, -0.2) is 0 Å². The standard InChI is InChI=1S/C24H26ClIN3O4/c1-31-17-2-3-21-19(11-17)18(4-7-27-21)22(30)14-29-8-5-16(6-9-29)28-13-15-10-23-24(12-20(15)25)33-26-32-23/h2-4,7,10-12,16,22,28,30H,5-6,8-9,13-14H2,1H3/q-1/t22-/m0/s1. The van der Waals surface area contributed by atoms with Crippen LogP contribution in [0.2, 0.25) is 5.02 Å². The van der Waals surface area contributed by atoms with Crippen LogP contribution in [0.25, 0.3) is 10.9 Å². The van der Waals surface area contributed by atoms with Gasteiger partial charge in [0, 0.05) is 11.6 Å². The van der Waals surface area contributed by atoms with Crippen molar-refractivity contribution in [3.8, 4) is 17.2 Å². The number of aliphatic hydroxyl groups excluding tert-OH is 1. The third-order valence-corrected chi connectivity index (χ3v) is 7.94. The molecule has 176 valence electrons. The largest absolute Gasteiger partial charge is 0.0102 e. The first-order chi connectivity index (χ1) is 16.1. The number of aromatic nitrogens is 1. The Morgan fingerprint density at radius 2 is 2.00 bits per heavy atom. The molecule has 3 aromatic rings. The molecule has 0 bridgehead atoms. The normalized spacial score (nSPS) is 17.7. The van der Waals surface area contributed by atoms with Gasteiger partial charge in [-0.05, 0) is 29.8 Å². The van der Waals surface area contributed by atoms with Crippen LogP contribution in [0.15, 0.2) is 42.6 Å². The van der Waals surface area contributed by atoms with Crippen LogP contribution in [0.3, 0.4) is 0 Å². The van der Waals surface area contributed by atoms with Crippen molar-refractivity contribution >= 4 is 22.5 Å². The molecule has 0 unspecified atom stereocenters. The van der Waals surface area contributed by atoms with Crippen LogP contribution in [0.1, 0.15) is 30.1 Å². The van der Waals surface area contributed by atoms with E-state index in [-0.39, 0.29) is 0 Å². The number of nitrogens with zero attached hydrogens (tertiary/aromatic N) is 2. The van der Waals surface area contributed by atoms with Gasteiger partial charge in [-0.2, -0.15) is 0 Å². The first-order valence-corrected chi connectivity index (χ1v) is 13.1. The fraction of sp³-hybridized carbons (Fsp3) is 0.375. The Morgan fingerprint density at radius 1 is 1.21 bits per heavy atom. The number of halogens is 2. The maximum absolute atomic E-state index is 11.0. The van der Waals surface area contributed by atoms with Crippen molar-refractivity contribution in [1.29, 1.82) is 0 Å². The quantitative estimate of drug-likeness (QED) is 0.401. The predicted molar refractivity (Wildman–Crippen MR) is 122 cm³/mol. The number of pyridine rings is 1. The third-order valence-electron chi connectivity index (χ3n) is 6.28. The van der Waals surface area contributed by atoms with Crippen molar-refractivity contribution in [3.05, 3.63) is 58.7 Å². The maximum atomic E-state index is 11.0. The Labute approximate surface area is 209 Å². The number of benzene rings is 2. The molecule has 33 heavy (non-hydrogen) atoms. The summed E-state index contributed by atoms with van der Waals surface area (Å²) in [4.78, 5) is 6.74. The van der Waals surface area contributed by atoms with Gasteiger partial charge in [0.05, 0.1) is 12.6 Å². The second kappa shape index (κ2) is 10.2. The molecule has 1 fully saturated rings. The molecular formula is C24H26ClIN3O4-. The van der Waals surface area contributed by atoms with Crippen molar-refractivity contribution in [2.75, 3.05) is 26.7 Å². The molecular weight excluding hydrogens is 557 g/mol. The molecule has 1 aromatic heterocycles. The van der Waals surface area contributed by atoms with Crippen molar-refractivity contribution in [1.82, 2.24) is 15.2 Å². The minimum Gasteiger partial charge on any atom is -0.0102 e. The molecule has 3 heterocycles. The van der Waals surface area contributed by atoms with Crippen LogP contribution in [0, 0.1) is 0 Å². The van der Waals surface area contributed by atoms with Crippen LogP contribution >= 0.6 is 11.6 Å². The van der Waals surface area contributed by atoms with E-state index in [0.717, 1.165) is 65.2 Å².